The summed E-state index contributed by atoms with van der Waals surface area (Å²) in [5.41, 5.74) is 1.26. The summed E-state index contributed by atoms with van der Waals surface area (Å²) in [6, 6.07) is 15.7. The molecule has 2 heterocycles. The summed E-state index contributed by atoms with van der Waals surface area (Å²) in [5, 5.41) is 9.33. The minimum Gasteiger partial charge on any atom is -0.419 e. The van der Waals surface area contributed by atoms with E-state index in [4.69, 9.17) is 16.0 Å². The van der Waals surface area contributed by atoms with E-state index >= 15 is 0 Å². The molecule has 1 amide bonds. The van der Waals surface area contributed by atoms with E-state index in [0.717, 1.165) is 6.42 Å². The highest BCUT2D eigenvalue weighted by atomic mass is 35.5. The van der Waals surface area contributed by atoms with Crippen LogP contribution in [0.25, 0.3) is 22.4 Å². The van der Waals surface area contributed by atoms with Gasteiger partial charge in [0.25, 0.3) is 5.91 Å². The van der Waals surface area contributed by atoms with Gasteiger partial charge in [-0.15, -0.1) is 10.2 Å². The van der Waals surface area contributed by atoms with Crippen molar-refractivity contribution in [3.8, 4) is 11.5 Å². The molecule has 30 heavy (non-hydrogen) atoms. The molecule has 1 N–H and O–H groups in total. The highest BCUT2D eigenvalue weighted by Crippen LogP contribution is 2.26. The van der Waals surface area contributed by atoms with Gasteiger partial charge in [0.1, 0.15) is 0 Å². The zero-order valence-electron chi connectivity index (χ0n) is 16.3. The fraction of sp³-hybridized carbons (Fsp3) is 0.182. The summed E-state index contributed by atoms with van der Waals surface area (Å²) in [7, 11) is 0. The standard InChI is InChI=1S/C22H19ClN4O3/c1-2-11-27(13-20-25-26-21(30-20)15-8-3-5-9-17(15)23)22(29)16-12-19(28)24-18-10-6-4-7-14(16)18/h3-10,12H,2,11,13H2,1H3,(H,24,28). The van der Waals surface area contributed by atoms with Crippen LogP contribution >= 0.6 is 11.6 Å². The Morgan fingerprint density at radius 3 is 2.70 bits per heavy atom. The molecule has 7 nitrogen and oxygen atoms in total. The number of hydrogen-bond donors (Lipinski definition) is 1. The van der Waals surface area contributed by atoms with Crippen molar-refractivity contribution < 1.29 is 9.21 Å². The number of halogens is 1. The van der Waals surface area contributed by atoms with Gasteiger partial charge in [-0.1, -0.05) is 48.9 Å². The number of amides is 1. The number of carbonyl (C=O) groups excluding carboxylic acids is 1. The third-order valence-corrected chi connectivity index (χ3v) is 4.99. The number of rotatable bonds is 6. The van der Waals surface area contributed by atoms with Crippen LogP contribution < -0.4 is 5.56 Å². The predicted molar refractivity (Wildman–Crippen MR) is 114 cm³/mol. The summed E-state index contributed by atoms with van der Waals surface area (Å²) >= 11 is 6.20. The van der Waals surface area contributed by atoms with E-state index < -0.39 is 0 Å². The summed E-state index contributed by atoms with van der Waals surface area (Å²) in [6.07, 6.45) is 0.734. The van der Waals surface area contributed by atoms with E-state index in [9.17, 15) is 9.59 Å². The first-order valence-electron chi connectivity index (χ1n) is 9.55. The number of pyridine rings is 1. The van der Waals surface area contributed by atoms with Crippen molar-refractivity contribution >= 4 is 28.4 Å². The van der Waals surface area contributed by atoms with Gasteiger partial charge in [0.05, 0.1) is 22.7 Å². The molecule has 4 aromatic rings. The van der Waals surface area contributed by atoms with Crippen LogP contribution in [0.2, 0.25) is 5.02 Å². The summed E-state index contributed by atoms with van der Waals surface area (Å²) in [6.45, 7) is 2.58. The molecule has 0 fully saturated rings. The zero-order chi connectivity index (χ0) is 21.1. The van der Waals surface area contributed by atoms with Crippen molar-refractivity contribution in [2.75, 3.05) is 6.54 Å². The van der Waals surface area contributed by atoms with Crippen LogP contribution in [0.3, 0.4) is 0 Å². The van der Waals surface area contributed by atoms with Crippen molar-refractivity contribution in [2.45, 2.75) is 19.9 Å². The van der Waals surface area contributed by atoms with Crippen molar-refractivity contribution in [3.05, 3.63) is 81.4 Å². The Morgan fingerprint density at radius 1 is 1.13 bits per heavy atom. The number of carbonyl (C=O) groups is 1. The van der Waals surface area contributed by atoms with Crippen molar-refractivity contribution in [1.82, 2.24) is 20.1 Å². The van der Waals surface area contributed by atoms with Crippen molar-refractivity contribution in [2.24, 2.45) is 0 Å². The Kier molecular flexibility index (Phi) is 5.63. The number of nitrogens with one attached hydrogen (secondary N) is 1. The lowest BCUT2D eigenvalue weighted by Crippen LogP contribution is -2.32. The molecular formula is C22H19ClN4O3. The second-order valence-corrected chi connectivity index (χ2v) is 7.21. The second-order valence-electron chi connectivity index (χ2n) is 6.80. The molecule has 2 aromatic heterocycles. The summed E-state index contributed by atoms with van der Waals surface area (Å²) < 4.78 is 5.76. The number of para-hydroxylation sites is 1. The number of nitrogens with zero attached hydrogens (tertiary/aromatic N) is 3. The number of H-pyrrole nitrogens is 1. The van der Waals surface area contributed by atoms with Gasteiger partial charge in [0.2, 0.25) is 17.3 Å². The Labute approximate surface area is 177 Å². The third kappa shape index (κ3) is 3.97. The van der Waals surface area contributed by atoms with E-state index in [0.29, 0.717) is 45.4 Å². The van der Waals surface area contributed by atoms with Crippen LogP contribution in [0.4, 0.5) is 0 Å². The molecule has 0 aliphatic carbocycles. The van der Waals surface area contributed by atoms with Crippen LogP contribution in [-0.4, -0.2) is 32.5 Å². The van der Waals surface area contributed by atoms with Crippen LogP contribution in [-0.2, 0) is 6.54 Å². The molecule has 0 saturated heterocycles. The minimum atomic E-state index is -0.327. The third-order valence-electron chi connectivity index (χ3n) is 4.66. The molecule has 0 aliphatic rings. The van der Waals surface area contributed by atoms with Crippen LogP contribution in [0.5, 0.6) is 0 Å². The monoisotopic (exact) mass is 422 g/mol. The van der Waals surface area contributed by atoms with Crippen LogP contribution in [0.1, 0.15) is 29.6 Å². The average molecular weight is 423 g/mol. The second kappa shape index (κ2) is 8.51. The molecule has 0 saturated carbocycles. The number of aromatic nitrogens is 3. The SMILES string of the molecule is CCCN(Cc1nnc(-c2ccccc2Cl)o1)C(=O)c1cc(=O)[nH]c2ccccc12. The molecule has 2 aromatic carbocycles. The van der Waals surface area contributed by atoms with E-state index in [2.05, 4.69) is 15.2 Å². The number of aromatic amines is 1. The maximum atomic E-state index is 13.3. The van der Waals surface area contributed by atoms with Crippen molar-refractivity contribution in [3.63, 3.8) is 0 Å². The van der Waals surface area contributed by atoms with Gasteiger partial charge in [-0.3, -0.25) is 9.59 Å². The Bertz CT molecular complexity index is 1260. The zero-order valence-corrected chi connectivity index (χ0v) is 17.0. The molecule has 4 rings (SSSR count). The van der Waals surface area contributed by atoms with Gasteiger partial charge in [-0.2, -0.15) is 0 Å². The van der Waals surface area contributed by atoms with Gasteiger partial charge in [0.15, 0.2) is 0 Å². The van der Waals surface area contributed by atoms with Gasteiger partial charge >= 0.3 is 0 Å². The van der Waals surface area contributed by atoms with Gasteiger partial charge in [-0.25, -0.2) is 0 Å². The first-order chi connectivity index (χ1) is 14.6. The summed E-state index contributed by atoms with van der Waals surface area (Å²) in [5.74, 6) is 0.318. The first-order valence-corrected chi connectivity index (χ1v) is 9.93. The normalized spacial score (nSPS) is 11.0. The molecular weight excluding hydrogens is 404 g/mol. The minimum absolute atomic E-state index is 0.130. The lowest BCUT2D eigenvalue weighted by atomic mass is 10.1. The molecule has 0 radical (unpaired) electrons. The first kappa shape index (κ1) is 19.8. The molecule has 8 heteroatoms. The van der Waals surface area contributed by atoms with Gasteiger partial charge in [-0.05, 0) is 24.6 Å². The highest BCUT2D eigenvalue weighted by Gasteiger charge is 2.21. The maximum Gasteiger partial charge on any atom is 0.255 e. The van der Waals surface area contributed by atoms with E-state index in [-0.39, 0.29) is 18.0 Å². The Morgan fingerprint density at radius 2 is 1.90 bits per heavy atom. The molecule has 0 atom stereocenters. The number of hydrogen-bond acceptors (Lipinski definition) is 5. The molecule has 152 valence electrons. The van der Waals surface area contributed by atoms with E-state index in [1.165, 1.54) is 6.07 Å². The van der Waals surface area contributed by atoms with E-state index in [1.54, 1.807) is 23.1 Å². The summed E-state index contributed by atoms with van der Waals surface area (Å²) in [4.78, 5) is 29.7. The Balaban J connectivity index is 1.65. The predicted octanol–water partition coefficient (Wildman–Crippen LogP) is 4.28. The number of benzene rings is 2. The molecule has 0 aliphatic heterocycles. The average Bonchev–Trinajstić information content (AvgIpc) is 3.21. The highest BCUT2D eigenvalue weighted by molar-refractivity contribution is 6.33. The number of fused-ring (bicyclic) bond motifs is 1. The molecule has 0 bridgehead atoms. The van der Waals surface area contributed by atoms with Crippen LogP contribution in [0.15, 0.2) is 63.8 Å². The smallest absolute Gasteiger partial charge is 0.255 e. The van der Waals surface area contributed by atoms with Crippen LogP contribution in [0, 0.1) is 0 Å². The van der Waals surface area contributed by atoms with Gasteiger partial charge in [0, 0.05) is 23.5 Å². The lowest BCUT2D eigenvalue weighted by Gasteiger charge is -2.21. The fourth-order valence-corrected chi connectivity index (χ4v) is 3.52. The van der Waals surface area contributed by atoms with E-state index in [1.807, 2.05) is 37.3 Å². The van der Waals surface area contributed by atoms with Gasteiger partial charge < -0.3 is 14.3 Å². The Hall–Kier alpha value is -3.45. The molecule has 0 unspecified atom stereocenters. The maximum absolute atomic E-state index is 13.3. The largest absolute Gasteiger partial charge is 0.419 e. The fourth-order valence-electron chi connectivity index (χ4n) is 3.30. The van der Waals surface area contributed by atoms with Crippen molar-refractivity contribution in [1.29, 1.82) is 0 Å². The quantitative estimate of drug-likeness (QED) is 0.500. The topological polar surface area (TPSA) is 92.1 Å². The lowest BCUT2D eigenvalue weighted by molar-refractivity contribution is 0.0730. The molecule has 0 spiro atoms.